The molecule has 0 aromatic heterocycles. The number of halogens is 1. The van der Waals surface area contributed by atoms with Gasteiger partial charge in [-0.25, -0.2) is 4.39 Å². The Labute approximate surface area is 95.9 Å². The quantitative estimate of drug-likeness (QED) is 0.685. The molecule has 1 nitrogen and oxygen atoms in total. The lowest BCUT2D eigenvalue weighted by atomic mass is 10.00. The van der Waals surface area contributed by atoms with Crippen molar-refractivity contribution in [2.45, 2.75) is 32.5 Å². The van der Waals surface area contributed by atoms with Crippen molar-refractivity contribution in [2.75, 3.05) is 0 Å². The molecule has 0 amide bonds. The molecule has 1 aliphatic rings. The van der Waals surface area contributed by atoms with Crippen molar-refractivity contribution in [3.05, 3.63) is 48.2 Å². The molecule has 0 radical (unpaired) electrons. The lowest BCUT2D eigenvalue weighted by Crippen LogP contribution is -2.17. The first-order chi connectivity index (χ1) is 7.65. The molecule has 16 heavy (non-hydrogen) atoms. The summed E-state index contributed by atoms with van der Waals surface area (Å²) >= 11 is 0. The second-order valence-electron chi connectivity index (χ2n) is 4.47. The predicted molar refractivity (Wildman–Crippen MR) is 62.6 cm³/mol. The first kappa shape index (κ1) is 11.2. The lowest BCUT2D eigenvalue weighted by Gasteiger charge is -2.20. The summed E-state index contributed by atoms with van der Waals surface area (Å²) < 4.78 is 19.0. The van der Waals surface area contributed by atoms with Gasteiger partial charge in [-0.2, -0.15) is 0 Å². The van der Waals surface area contributed by atoms with Gasteiger partial charge in [-0.05, 0) is 25.3 Å². The third kappa shape index (κ3) is 2.11. The molecule has 1 fully saturated rings. The smallest absolute Gasteiger partial charge is 0.113 e. The Hall–Kier alpha value is -1.31. The Bertz CT molecular complexity index is 366. The van der Waals surface area contributed by atoms with Crippen LogP contribution in [-0.4, -0.2) is 6.17 Å². The lowest BCUT2D eigenvalue weighted by molar-refractivity contribution is 0.119. The van der Waals surface area contributed by atoms with Crippen molar-refractivity contribution in [1.29, 1.82) is 0 Å². The van der Waals surface area contributed by atoms with E-state index < -0.39 is 11.6 Å². The van der Waals surface area contributed by atoms with E-state index in [1.54, 1.807) is 6.92 Å². The molecule has 0 heterocycles. The molecular weight excluding hydrogens is 203 g/mol. The first-order valence-electron chi connectivity index (χ1n) is 5.65. The highest BCUT2D eigenvalue weighted by Gasteiger charge is 2.51. The largest absolute Gasteiger partial charge is 0.493 e. The van der Waals surface area contributed by atoms with Crippen LogP contribution in [0, 0.1) is 5.41 Å². The molecule has 0 saturated heterocycles. The number of alkyl halides is 1. The first-order valence-corrected chi connectivity index (χ1v) is 5.65. The molecule has 0 bridgehead atoms. The van der Waals surface area contributed by atoms with Crippen LogP contribution in [0.15, 0.2) is 42.7 Å². The van der Waals surface area contributed by atoms with Crippen LogP contribution in [0.25, 0.3) is 0 Å². The minimum absolute atomic E-state index is 0.394. The summed E-state index contributed by atoms with van der Waals surface area (Å²) in [5, 5.41) is 0. The molecule has 2 heteroatoms. The molecule has 1 atom stereocenters. The van der Waals surface area contributed by atoms with Crippen LogP contribution in [0.1, 0.15) is 25.3 Å². The van der Waals surface area contributed by atoms with Crippen LogP contribution in [0.4, 0.5) is 4.39 Å². The molecule has 2 rings (SSSR count). The number of allylic oxidation sites excluding steroid dienone is 1. The molecule has 1 saturated carbocycles. The number of hydrogen-bond acceptors (Lipinski definition) is 1. The zero-order valence-corrected chi connectivity index (χ0v) is 9.58. The Kier molecular flexibility index (Phi) is 2.99. The standard InChI is InChI=1S/C14H17FO/c1-11(15)14(8-9-14)12(2)16-10-13-6-4-3-5-7-13/h3-7,11H,2,8-10H2,1H3. The maximum Gasteiger partial charge on any atom is 0.113 e. The summed E-state index contributed by atoms with van der Waals surface area (Å²) in [6.45, 7) is 5.93. The van der Waals surface area contributed by atoms with Gasteiger partial charge in [-0.1, -0.05) is 36.9 Å². The van der Waals surface area contributed by atoms with Gasteiger partial charge in [0.2, 0.25) is 0 Å². The van der Waals surface area contributed by atoms with Crippen molar-refractivity contribution in [3.63, 3.8) is 0 Å². The van der Waals surface area contributed by atoms with Crippen LogP contribution < -0.4 is 0 Å². The number of ether oxygens (including phenoxy) is 1. The number of hydrogen-bond donors (Lipinski definition) is 0. The summed E-state index contributed by atoms with van der Waals surface area (Å²) in [5.74, 6) is 0.603. The average Bonchev–Trinajstić information content (AvgIpc) is 3.08. The summed E-state index contributed by atoms with van der Waals surface area (Å²) in [6.07, 6.45) is 0.854. The Balaban J connectivity index is 1.90. The summed E-state index contributed by atoms with van der Waals surface area (Å²) in [4.78, 5) is 0. The molecule has 0 aliphatic heterocycles. The molecule has 0 spiro atoms. The van der Waals surface area contributed by atoms with Gasteiger partial charge in [-0.3, -0.25) is 0 Å². The van der Waals surface area contributed by atoms with Crippen LogP contribution in [0.2, 0.25) is 0 Å². The predicted octanol–water partition coefficient (Wildman–Crippen LogP) is 3.86. The van der Waals surface area contributed by atoms with Crippen molar-refractivity contribution in [3.8, 4) is 0 Å². The van der Waals surface area contributed by atoms with Crippen molar-refractivity contribution >= 4 is 0 Å². The molecule has 86 valence electrons. The van der Waals surface area contributed by atoms with Gasteiger partial charge >= 0.3 is 0 Å². The maximum absolute atomic E-state index is 13.4. The topological polar surface area (TPSA) is 9.23 Å². The minimum atomic E-state index is -0.865. The third-order valence-electron chi connectivity index (χ3n) is 3.36. The summed E-state index contributed by atoms with van der Waals surface area (Å²) in [6, 6.07) is 9.88. The summed E-state index contributed by atoms with van der Waals surface area (Å²) in [7, 11) is 0. The zero-order valence-electron chi connectivity index (χ0n) is 9.58. The number of rotatable bonds is 5. The van der Waals surface area contributed by atoms with E-state index in [0.29, 0.717) is 12.4 Å². The van der Waals surface area contributed by atoms with Gasteiger partial charge < -0.3 is 4.74 Å². The van der Waals surface area contributed by atoms with E-state index in [1.165, 1.54) is 0 Å². The van der Waals surface area contributed by atoms with Crippen LogP contribution in [0.5, 0.6) is 0 Å². The van der Waals surface area contributed by atoms with Gasteiger partial charge in [0.05, 0.1) is 11.2 Å². The number of benzene rings is 1. The summed E-state index contributed by atoms with van der Waals surface area (Å²) in [5.41, 5.74) is 0.695. The van der Waals surface area contributed by atoms with Gasteiger partial charge in [0.1, 0.15) is 12.8 Å². The second kappa shape index (κ2) is 4.28. The molecule has 1 aromatic carbocycles. The van der Waals surface area contributed by atoms with Gasteiger partial charge in [0, 0.05) is 0 Å². The zero-order chi connectivity index (χ0) is 11.6. The van der Waals surface area contributed by atoms with Crippen molar-refractivity contribution in [2.24, 2.45) is 5.41 Å². The maximum atomic E-state index is 13.4. The SMILES string of the molecule is C=C(OCc1ccccc1)C1(C(C)F)CC1. The minimum Gasteiger partial charge on any atom is -0.493 e. The fourth-order valence-electron chi connectivity index (χ4n) is 1.92. The van der Waals surface area contributed by atoms with E-state index in [1.807, 2.05) is 30.3 Å². The Morgan fingerprint density at radius 1 is 1.44 bits per heavy atom. The van der Waals surface area contributed by atoms with Gasteiger partial charge in [0.25, 0.3) is 0 Å². The highest BCUT2D eigenvalue weighted by molar-refractivity contribution is 5.18. The van der Waals surface area contributed by atoms with Crippen LogP contribution in [0.3, 0.4) is 0 Å². The van der Waals surface area contributed by atoms with Crippen LogP contribution in [-0.2, 0) is 11.3 Å². The monoisotopic (exact) mass is 220 g/mol. The van der Waals surface area contributed by atoms with Gasteiger partial charge in [0.15, 0.2) is 0 Å². The van der Waals surface area contributed by atoms with Crippen molar-refractivity contribution in [1.82, 2.24) is 0 Å². The van der Waals surface area contributed by atoms with E-state index in [2.05, 4.69) is 6.58 Å². The van der Waals surface area contributed by atoms with E-state index in [0.717, 1.165) is 18.4 Å². The molecular formula is C14H17FO. The highest BCUT2D eigenvalue weighted by Crippen LogP contribution is 2.55. The van der Waals surface area contributed by atoms with E-state index in [-0.39, 0.29) is 0 Å². The fourth-order valence-corrected chi connectivity index (χ4v) is 1.92. The van der Waals surface area contributed by atoms with E-state index in [4.69, 9.17) is 4.74 Å². The Morgan fingerprint density at radius 2 is 2.06 bits per heavy atom. The van der Waals surface area contributed by atoms with Crippen LogP contribution >= 0.6 is 0 Å². The molecule has 1 aliphatic carbocycles. The third-order valence-corrected chi connectivity index (χ3v) is 3.36. The van der Waals surface area contributed by atoms with Gasteiger partial charge in [-0.15, -0.1) is 0 Å². The Morgan fingerprint density at radius 3 is 2.56 bits per heavy atom. The molecule has 0 N–H and O–H groups in total. The van der Waals surface area contributed by atoms with Crippen molar-refractivity contribution < 1.29 is 9.13 Å². The fraction of sp³-hybridized carbons (Fsp3) is 0.429. The van der Waals surface area contributed by atoms with E-state index in [9.17, 15) is 4.39 Å². The average molecular weight is 220 g/mol. The molecule has 1 aromatic rings. The normalized spacial score (nSPS) is 18.9. The second-order valence-corrected chi connectivity index (χ2v) is 4.47. The molecule has 1 unspecified atom stereocenters. The highest BCUT2D eigenvalue weighted by atomic mass is 19.1. The van der Waals surface area contributed by atoms with E-state index >= 15 is 0 Å².